The monoisotopic (exact) mass is 557 g/mol. The van der Waals surface area contributed by atoms with E-state index in [1.54, 1.807) is 24.3 Å². The van der Waals surface area contributed by atoms with Crippen molar-refractivity contribution in [3.63, 3.8) is 0 Å². The smallest absolute Gasteiger partial charge is 0.242 e. The molecule has 1 saturated heterocycles. The number of thiophene rings is 1. The van der Waals surface area contributed by atoms with E-state index in [-0.39, 0.29) is 17.9 Å². The van der Waals surface area contributed by atoms with E-state index in [2.05, 4.69) is 58.9 Å². The van der Waals surface area contributed by atoms with Crippen molar-refractivity contribution < 1.29 is 9.59 Å². The fourth-order valence-corrected chi connectivity index (χ4v) is 5.74. The first-order valence-electron chi connectivity index (χ1n) is 9.70. The molecule has 2 aromatic heterocycles. The van der Waals surface area contributed by atoms with E-state index in [0.717, 1.165) is 38.9 Å². The zero-order valence-corrected chi connectivity index (χ0v) is 20.8. The number of hydrogen-bond donors (Lipinski definition) is 4. The van der Waals surface area contributed by atoms with Crippen LogP contribution in [0.25, 0.3) is 0 Å². The van der Waals surface area contributed by atoms with E-state index in [4.69, 9.17) is 5.73 Å². The summed E-state index contributed by atoms with van der Waals surface area (Å²) in [6.07, 6.45) is 1.68. The number of carbonyl (C=O) groups is 2. The first-order valence-corrected chi connectivity index (χ1v) is 12.1. The first-order chi connectivity index (χ1) is 14.2. The van der Waals surface area contributed by atoms with E-state index in [0.29, 0.717) is 18.3 Å². The molecule has 0 radical (unpaired) electrons. The van der Waals surface area contributed by atoms with E-state index in [1.165, 1.54) is 4.88 Å². The molecular weight excluding hydrogens is 534 g/mol. The van der Waals surface area contributed by atoms with Crippen LogP contribution in [0.4, 0.5) is 5.82 Å². The van der Waals surface area contributed by atoms with Gasteiger partial charge in [-0.3, -0.25) is 9.59 Å². The maximum atomic E-state index is 12.6. The van der Waals surface area contributed by atoms with Crippen molar-refractivity contribution >= 4 is 60.8 Å². The summed E-state index contributed by atoms with van der Waals surface area (Å²) in [5.41, 5.74) is 7.32. The maximum absolute atomic E-state index is 12.6. The molecule has 3 heterocycles. The zero-order chi connectivity index (χ0) is 21.8. The Balaban J connectivity index is 1.45. The molecule has 1 aliphatic heterocycles. The lowest BCUT2D eigenvalue weighted by atomic mass is 10.0. The van der Waals surface area contributed by atoms with Gasteiger partial charge in [0.25, 0.3) is 0 Å². The molecule has 2 amide bonds. The summed E-state index contributed by atoms with van der Waals surface area (Å²) in [5.74, 6) is 0.467. The number of pyridine rings is 1. The standard InChI is InChI=1S/C20H25Br2N5O2S/c1-10-13(3-4-17(23)26-10)9-25-19(28)11(2)27-20(29)16-6-12(8-24-16)5-14-7-15(21)18(22)30-14/h3-4,7,11-12,16,24H,5-6,8-9H2,1-2H3,(H2,23,26)(H,25,28)(H,27,29)/t11-,12-,16?/m0/s1. The largest absolute Gasteiger partial charge is 0.384 e. The summed E-state index contributed by atoms with van der Waals surface area (Å²) in [6.45, 7) is 4.66. The average Bonchev–Trinajstić information content (AvgIpc) is 3.27. The third kappa shape index (κ3) is 6.03. The third-order valence-electron chi connectivity index (χ3n) is 5.15. The summed E-state index contributed by atoms with van der Waals surface area (Å²) in [5, 5.41) is 8.94. The third-order valence-corrected chi connectivity index (χ3v) is 8.42. The van der Waals surface area contributed by atoms with Gasteiger partial charge in [0.2, 0.25) is 11.8 Å². The van der Waals surface area contributed by atoms with Crippen LogP contribution in [0.3, 0.4) is 0 Å². The van der Waals surface area contributed by atoms with Crippen LogP contribution in [0, 0.1) is 12.8 Å². The first kappa shape index (κ1) is 23.2. The highest BCUT2D eigenvalue weighted by atomic mass is 79.9. The van der Waals surface area contributed by atoms with Crippen molar-refractivity contribution in [1.29, 1.82) is 0 Å². The van der Waals surface area contributed by atoms with Gasteiger partial charge in [0.05, 0.1) is 9.83 Å². The van der Waals surface area contributed by atoms with Crippen LogP contribution in [-0.4, -0.2) is 35.4 Å². The number of nitrogens with zero attached hydrogens (tertiary/aromatic N) is 1. The second-order valence-electron chi connectivity index (χ2n) is 7.53. The van der Waals surface area contributed by atoms with E-state index in [9.17, 15) is 9.59 Å². The van der Waals surface area contributed by atoms with E-state index < -0.39 is 6.04 Å². The lowest BCUT2D eigenvalue weighted by Gasteiger charge is -2.17. The summed E-state index contributed by atoms with van der Waals surface area (Å²) in [4.78, 5) is 30.4. The van der Waals surface area contributed by atoms with Gasteiger partial charge in [0.15, 0.2) is 0 Å². The molecule has 0 aromatic carbocycles. The highest BCUT2D eigenvalue weighted by molar-refractivity contribution is 9.13. The lowest BCUT2D eigenvalue weighted by Crippen LogP contribution is -2.50. The van der Waals surface area contributed by atoms with Gasteiger partial charge in [-0.15, -0.1) is 11.3 Å². The molecule has 7 nitrogen and oxygen atoms in total. The highest BCUT2D eigenvalue weighted by Crippen LogP contribution is 2.34. The minimum absolute atomic E-state index is 0.140. The van der Waals surface area contributed by atoms with Gasteiger partial charge in [-0.05, 0) is 88.7 Å². The van der Waals surface area contributed by atoms with Crippen LogP contribution in [-0.2, 0) is 22.6 Å². The van der Waals surface area contributed by atoms with Gasteiger partial charge < -0.3 is 21.7 Å². The molecule has 1 unspecified atom stereocenters. The number of nitrogens with one attached hydrogen (secondary N) is 3. The number of nitrogen functional groups attached to an aromatic ring is 1. The number of rotatable bonds is 7. The van der Waals surface area contributed by atoms with Crippen LogP contribution < -0.4 is 21.7 Å². The number of hydrogen-bond acceptors (Lipinski definition) is 6. The van der Waals surface area contributed by atoms with Crippen molar-refractivity contribution in [2.75, 3.05) is 12.3 Å². The van der Waals surface area contributed by atoms with Crippen molar-refractivity contribution in [2.45, 2.75) is 45.3 Å². The van der Waals surface area contributed by atoms with Crippen LogP contribution in [0.2, 0.25) is 0 Å². The Hall–Kier alpha value is -1.49. The normalized spacial score (nSPS) is 19.5. The molecule has 5 N–H and O–H groups in total. The van der Waals surface area contributed by atoms with Crippen molar-refractivity contribution in [2.24, 2.45) is 5.92 Å². The number of aromatic nitrogens is 1. The maximum Gasteiger partial charge on any atom is 0.242 e. The van der Waals surface area contributed by atoms with Crippen LogP contribution >= 0.6 is 43.2 Å². The minimum atomic E-state index is -0.621. The Morgan fingerprint density at radius 2 is 2.17 bits per heavy atom. The van der Waals surface area contributed by atoms with Crippen molar-refractivity contribution in [3.05, 3.63) is 42.6 Å². The number of anilines is 1. The molecule has 30 heavy (non-hydrogen) atoms. The molecular formula is C20H25Br2N5O2S. The van der Waals surface area contributed by atoms with Gasteiger partial charge in [0, 0.05) is 21.6 Å². The van der Waals surface area contributed by atoms with Gasteiger partial charge >= 0.3 is 0 Å². The number of carbonyl (C=O) groups excluding carboxylic acids is 2. The number of amides is 2. The lowest BCUT2D eigenvalue weighted by molar-refractivity contribution is -0.129. The molecule has 1 aliphatic rings. The van der Waals surface area contributed by atoms with Crippen LogP contribution in [0.15, 0.2) is 26.5 Å². The van der Waals surface area contributed by atoms with Crippen LogP contribution in [0.1, 0.15) is 29.5 Å². The van der Waals surface area contributed by atoms with E-state index >= 15 is 0 Å². The Morgan fingerprint density at radius 3 is 2.83 bits per heavy atom. The van der Waals surface area contributed by atoms with Gasteiger partial charge in [-0.2, -0.15) is 0 Å². The number of aryl methyl sites for hydroxylation is 1. The second kappa shape index (κ2) is 10.2. The highest BCUT2D eigenvalue weighted by Gasteiger charge is 2.31. The summed E-state index contributed by atoms with van der Waals surface area (Å²) in [7, 11) is 0. The predicted octanol–water partition coefficient (Wildman–Crippen LogP) is 2.90. The predicted molar refractivity (Wildman–Crippen MR) is 126 cm³/mol. The Bertz CT molecular complexity index is 916. The molecule has 0 saturated carbocycles. The zero-order valence-electron chi connectivity index (χ0n) is 16.8. The summed E-state index contributed by atoms with van der Waals surface area (Å²) in [6, 6.07) is 4.77. The van der Waals surface area contributed by atoms with E-state index in [1.807, 2.05) is 13.0 Å². The van der Waals surface area contributed by atoms with Gasteiger partial charge in [-0.25, -0.2) is 4.98 Å². The number of halogens is 2. The van der Waals surface area contributed by atoms with Gasteiger partial charge in [0.1, 0.15) is 11.9 Å². The topological polar surface area (TPSA) is 109 Å². The van der Waals surface area contributed by atoms with Crippen molar-refractivity contribution in [3.8, 4) is 0 Å². The molecule has 0 spiro atoms. The molecule has 2 aromatic rings. The fourth-order valence-electron chi connectivity index (χ4n) is 3.45. The minimum Gasteiger partial charge on any atom is -0.384 e. The molecule has 1 fully saturated rings. The Morgan fingerprint density at radius 1 is 1.40 bits per heavy atom. The Labute approximate surface area is 196 Å². The second-order valence-corrected chi connectivity index (χ2v) is 10.8. The quantitative estimate of drug-likeness (QED) is 0.418. The molecule has 0 bridgehead atoms. The molecule has 0 aliphatic carbocycles. The Kier molecular flexibility index (Phi) is 7.89. The summed E-state index contributed by atoms with van der Waals surface area (Å²) < 4.78 is 2.15. The fraction of sp³-hybridized carbons (Fsp3) is 0.450. The molecule has 3 rings (SSSR count). The van der Waals surface area contributed by atoms with Gasteiger partial charge in [-0.1, -0.05) is 6.07 Å². The van der Waals surface area contributed by atoms with Crippen molar-refractivity contribution in [1.82, 2.24) is 20.9 Å². The summed E-state index contributed by atoms with van der Waals surface area (Å²) >= 11 is 8.74. The molecule has 3 atom stereocenters. The molecule has 162 valence electrons. The molecule has 10 heteroatoms. The SMILES string of the molecule is Cc1nc(N)ccc1CNC(=O)[C@H](C)NC(=O)C1C[C@H](Cc2cc(Br)c(Br)s2)CN1. The average molecular weight is 559 g/mol. The number of nitrogens with two attached hydrogens (primary N) is 1. The van der Waals surface area contributed by atoms with Crippen LogP contribution in [0.5, 0.6) is 0 Å².